The maximum Gasteiger partial charge on any atom is 0.191 e. The molecule has 0 saturated heterocycles. The molecule has 0 rings (SSSR count). The van der Waals surface area contributed by atoms with Gasteiger partial charge in [-0.1, -0.05) is 6.08 Å². The highest BCUT2D eigenvalue weighted by molar-refractivity contribution is 5.79. The summed E-state index contributed by atoms with van der Waals surface area (Å²) in [6, 6.07) is 0. The lowest BCUT2D eigenvalue weighted by Gasteiger charge is -2.09. The average molecular weight is 213 g/mol. The standard InChI is InChI=1S/C11H23N3O/c1-4-8-13-11(12-5-2)14-9-7-10-15-6-3/h4H,1,5-10H2,2-3H3,(H2,12,13,14). The molecular formula is C11H23N3O. The van der Waals surface area contributed by atoms with Gasteiger partial charge in [0.2, 0.25) is 0 Å². The van der Waals surface area contributed by atoms with Crippen LogP contribution in [0.15, 0.2) is 17.6 Å². The number of nitrogens with zero attached hydrogens (tertiary/aromatic N) is 1. The third-order valence-electron chi connectivity index (χ3n) is 1.68. The van der Waals surface area contributed by atoms with E-state index in [1.165, 1.54) is 0 Å². The fourth-order valence-corrected chi connectivity index (χ4v) is 1.01. The van der Waals surface area contributed by atoms with E-state index in [9.17, 15) is 0 Å². The molecule has 0 aromatic carbocycles. The monoisotopic (exact) mass is 213 g/mol. The van der Waals surface area contributed by atoms with E-state index in [0.717, 1.165) is 45.2 Å². The van der Waals surface area contributed by atoms with Crippen molar-refractivity contribution in [1.82, 2.24) is 10.6 Å². The van der Waals surface area contributed by atoms with E-state index < -0.39 is 0 Å². The fraction of sp³-hybridized carbons (Fsp3) is 0.727. The van der Waals surface area contributed by atoms with Gasteiger partial charge in [0.25, 0.3) is 0 Å². The third kappa shape index (κ3) is 9.28. The second-order valence-electron chi connectivity index (χ2n) is 2.98. The Balaban J connectivity index is 3.67. The summed E-state index contributed by atoms with van der Waals surface area (Å²) >= 11 is 0. The van der Waals surface area contributed by atoms with Gasteiger partial charge in [0.15, 0.2) is 5.96 Å². The van der Waals surface area contributed by atoms with Crippen LogP contribution in [-0.2, 0) is 4.74 Å². The van der Waals surface area contributed by atoms with Crippen LogP contribution in [-0.4, -0.2) is 38.8 Å². The van der Waals surface area contributed by atoms with Gasteiger partial charge < -0.3 is 15.4 Å². The molecule has 0 amide bonds. The van der Waals surface area contributed by atoms with Gasteiger partial charge in [-0.3, -0.25) is 4.99 Å². The van der Waals surface area contributed by atoms with E-state index in [2.05, 4.69) is 22.2 Å². The van der Waals surface area contributed by atoms with Crippen LogP contribution in [0.3, 0.4) is 0 Å². The van der Waals surface area contributed by atoms with E-state index in [4.69, 9.17) is 4.74 Å². The summed E-state index contributed by atoms with van der Waals surface area (Å²) in [5, 5.41) is 6.30. The summed E-state index contributed by atoms with van der Waals surface area (Å²) in [6.07, 6.45) is 2.77. The number of ether oxygens (including phenoxy) is 1. The molecule has 2 N–H and O–H groups in total. The van der Waals surface area contributed by atoms with Crippen LogP contribution in [0, 0.1) is 0 Å². The molecule has 0 heterocycles. The summed E-state index contributed by atoms with van der Waals surface area (Å²) in [5.74, 6) is 0.842. The second kappa shape index (κ2) is 11.0. The van der Waals surface area contributed by atoms with Crippen molar-refractivity contribution in [2.75, 3.05) is 32.8 Å². The molecule has 0 radical (unpaired) electrons. The molecule has 0 spiro atoms. The van der Waals surface area contributed by atoms with Gasteiger partial charge >= 0.3 is 0 Å². The van der Waals surface area contributed by atoms with Crippen molar-refractivity contribution in [3.8, 4) is 0 Å². The van der Waals surface area contributed by atoms with E-state index in [1.54, 1.807) is 0 Å². The first-order valence-electron chi connectivity index (χ1n) is 5.56. The molecule has 0 saturated carbocycles. The Morgan fingerprint density at radius 1 is 1.40 bits per heavy atom. The Bertz CT molecular complexity index is 181. The molecule has 0 bridgehead atoms. The Morgan fingerprint density at radius 2 is 2.20 bits per heavy atom. The van der Waals surface area contributed by atoms with Crippen LogP contribution in [0.25, 0.3) is 0 Å². The zero-order chi connectivity index (χ0) is 11.4. The molecule has 4 heteroatoms. The van der Waals surface area contributed by atoms with Gasteiger partial charge in [0, 0.05) is 32.8 Å². The van der Waals surface area contributed by atoms with E-state index >= 15 is 0 Å². The van der Waals surface area contributed by atoms with Crippen molar-refractivity contribution in [3.05, 3.63) is 12.7 Å². The Kier molecular flexibility index (Phi) is 10.3. The molecule has 0 unspecified atom stereocenters. The normalized spacial score (nSPS) is 11.2. The number of hydrogen-bond donors (Lipinski definition) is 2. The van der Waals surface area contributed by atoms with Crippen molar-refractivity contribution >= 4 is 5.96 Å². The Morgan fingerprint density at radius 3 is 2.80 bits per heavy atom. The lowest BCUT2D eigenvalue weighted by molar-refractivity contribution is 0.146. The highest BCUT2D eigenvalue weighted by Gasteiger charge is 1.93. The van der Waals surface area contributed by atoms with E-state index in [-0.39, 0.29) is 0 Å². The van der Waals surface area contributed by atoms with Crippen LogP contribution >= 0.6 is 0 Å². The molecule has 88 valence electrons. The Labute approximate surface area is 92.8 Å². The van der Waals surface area contributed by atoms with Crippen LogP contribution in [0.4, 0.5) is 0 Å². The van der Waals surface area contributed by atoms with Gasteiger partial charge in [-0.25, -0.2) is 0 Å². The van der Waals surface area contributed by atoms with Crippen LogP contribution < -0.4 is 10.6 Å². The number of rotatable bonds is 8. The minimum atomic E-state index is 0.733. The van der Waals surface area contributed by atoms with Gasteiger partial charge in [0.1, 0.15) is 0 Å². The van der Waals surface area contributed by atoms with Gasteiger partial charge in [-0.15, -0.1) is 6.58 Å². The van der Waals surface area contributed by atoms with Gasteiger partial charge in [-0.2, -0.15) is 0 Å². The van der Waals surface area contributed by atoms with Crippen molar-refractivity contribution < 1.29 is 4.74 Å². The number of nitrogens with one attached hydrogen (secondary N) is 2. The molecular weight excluding hydrogens is 190 g/mol. The summed E-state index contributed by atoms with van der Waals surface area (Å²) in [7, 11) is 0. The van der Waals surface area contributed by atoms with Crippen LogP contribution in [0.1, 0.15) is 20.3 Å². The van der Waals surface area contributed by atoms with Crippen molar-refractivity contribution in [1.29, 1.82) is 0 Å². The first-order chi connectivity index (χ1) is 7.35. The maximum atomic E-state index is 5.23. The van der Waals surface area contributed by atoms with Crippen molar-refractivity contribution in [2.45, 2.75) is 20.3 Å². The minimum Gasteiger partial charge on any atom is -0.382 e. The minimum absolute atomic E-state index is 0.733. The number of hydrogen-bond acceptors (Lipinski definition) is 2. The number of guanidine groups is 1. The fourth-order valence-electron chi connectivity index (χ4n) is 1.01. The predicted octanol–water partition coefficient (Wildman–Crippen LogP) is 1.15. The third-order valence-corrected chi connectivity index (χ3v) is 1.68. The van der Waals surface area contributed by atoms with Crippen LogP contribution in [0.5, 0.6) is 0 Å². The summed E-state index contributed by atoms with van der Waals surface area (Å²) < 4.78 is 5.23. The molecule has 0 aliphatic carbocycles. The second-order valence-corrected chi connectivity index (χ2v) is 2.98. The van der Waals surface area contributed by atoms with E-state index in [1.807, 2.05) is 19.9 Å². The zero-order valence-electron chi connectivity index (χ0n) is 9.88. The predicted molar refractivity (Wildman–Crippen MR) is 65.3 cm³/mol. The smallest absolute Gasteiger partial charge is 0.191 e. The number of aliphatic imine (C=N–C) groups is 1. The lowest BCUT2D eigenvalue weighted by Crippen LogP contribution is -2.37. The molecule has 15 heavy (non-hydrogen) atoms. The molecule has 0 atom stereocenters. The van der Waals surface area contributed by atoms with Crippen molar-refractivity contribution in [2.24, 2.45) is 4.99 Å². The zero-order valence-corrected chi connectivity index (χ0v) is 9.88. The summed E-state index contributed by atoms with van der Waals surface area (Å²) in [4.78, 5) is 4.39. The molecule has 4 nitrogen and oxygen atoms in total. The summed E-state index contributed by atoms with van der Waals surface area (Å²) in [6.45, 7) is 11.6. The van der Waals surface area contributed by atoms with Gasteiger partial charge in [-0.05, 0) is 20.3 Å². The molecule has 0 aliphatic heterocycles. The van der Waals surface area contributed by atoms with Crippen LogP contribution in [0.2, 0.25) is 0 Å². The molecule has 0 aromatic rings. The van der Waals surface area contributed by atoms with Crippen molar-refractivity contribution in [3.63, 3.8) is 0 Å². The maximum absolute atomic E-state index is 5.23. The largest absolute Gasteiger partial charge is 0.382 e. The SMILES string of the molecule is C=CCNC(=NCCCOCC)NCC. The first-order valence-corrected chi connectivity index (χ1v) is 5.56. The average Bonchev–Trinajstić information content (AvgIpc) is 2.25. The molecule has 0 aliphatic rings. The van der Waals surface area contributed by atoms with Gasteiger partial charge in [0.05, 0.1) is 0 Å². The highest BCUT2D eigenvalue weighted by atomic mass is 16.5. The van der Waals surface area contributed by atoms with E-state index in [0.29, 0.717) is 0 Å². The topological polar surface area (TPSA) is 45.7 Å². The quantitative estimate of drug-likeness (QED) is 0.275. The molecule has 0 aromatic heterocycles. The Hall–Kier alpha value is -1.03. The summed E-state index contributed by atoms with van der Waals surface area (Å²) in [5.41, 5.74) is 0. The lowest BCUT2D eigenvalue weighted by atomic mass is 10.4. The molecule has 0 fully saturated rings. The highest BCUT2D eigenvalue weighted by Crippen LogP contribution is 1.84. The first kappa shape index (κ1) is 14.0.